The molecule has 2 aromatic rings. The molecule has 0 radical (unpaired) electrons. The monoisotopic (exact) mass is 336 g/mol. The molecule has 1 unspecified atom stereocenters. The van der Waals surface area contributed by atoms with E-state index >= 15 is 0 Å². The highest BCUT2D eigenvalue weighted by atomic mass is 79.9. The molecule has 1 heterocycles. The van der Waals surface area contributed by atoms with Gasteiger partial charge in [0.15, 0.2) is 0 Å². The maximum absolute atomic E-state index is 11.1. The van der Waals surface area contributed by atoms with Crippen LogP contribution in [0.25, 0.3) is 5.69 Å². The Morgan fingerprint density at radius 2 is 2.25 bits per heavy atom. The molecule has 106 valence electrons. The van der Waals surface area contributed by atoms with E-state index in [2.05, 4.69) is 28.0 Å². The van der Waals surface area contributed by atoms with Crippen molar-refractivity contribution in [1.29, 1.82) is 0 Å². The van der Waals surface area contributed by atoms with Crippen LogP contribution in [0, 0.1) is 0 Å². The van der Waals surface area contributed by atoms with Gasteiger partial charge in [-0.25, -0.2) is 4.68 Å². The lowest BCUT2D eigenvalue weighted by molar-refractivity contribution is 0.100. The van der Waals surface area contributed by atoms with Crippen LogP contribution < -0.4 is 11.5 Å². The molecule has 2 rings (SSSR count). The third-order valence-corrected chi connectivity index (χ3v) is 3.91. The fourth-order valence-electron chi connectivity index (χ4n) is 1.86. The van der Waals surface area contributed by atoms with Crippen LogP contribution in [0.2, 0.25) is 0 Å². The largest absolute Gasteiger partial charge is 0.366 e. The Hall–Kier alpha value is -1.66. The molecule has 0 spiro atoms. The lowest BCUT2D eigenvalue weighted by Crippen LogP contribution is -2.21. The number of carbonyl (C=O) groups excluding carboxylic acids is 1. The van der Waals surface area contributed by atoms with E-state index in [1.165, 1.54) is 6.20 Å². The van der Waals surface area contributed by atoms with Crippen molar-refractivity contribution in [1.82, 2.24) is 9.78 Å². The minimum absolute atomic E-state index is 0.156. The van der Waals surface area contributed by atoms with Crippen LogP contribution in [0.15, 0.2) is 35.1 Å². The van der Waals surface area contributed by atoms with Crippen LogP contribution in [0.5, 0.6) is 0 Å². The molecular weight excluding hydrogens is 320 g/mol. The highest BCUT2D eigenvalue weighted by Crippen LogP contribution is 2.22. The van der Waals surface area contributed by atoms with E-state index in [4.69, 9.17) is 11.5 Å². The second-order valence-corrected chi connectivity index (χ2v) is 5.54. The summed E-state index contributed by atoms with van der Waals surface area (Å²) in [5, 5.41) is 4.13. The Morgan fingerprint density at radius 3 is 2.80 bits per heavy atom. The second kappa shape index (κ2) is 6.19. The van der Waals surface area contributed by atoms with E-state index < -0.39 is 5.91 Å². The molecule has 1 aromatic carbocycles. The first-order valence-electron chi connectivity index (χ1n) is 6.40. The van der Waals surface area contributed by atoms with Gasteiger partial charge in [0, 0.05) is 16.7 Å². The summed E-state index contributed by atoms with van der Waals surface area (Å²) in [4.78, 5) is 11.1. The molecule has 4 N–H and O–H groups in total. The van der Waals surface area contributed by atoms with Crippen molar-refractivity contribution in [2.45, 2.75) is 25.8 Å². The fourth-order valence-corrected chi connectivity index (χ4v) is 2.39. The highest BCUT2D eigenvalue weighted by molar-refractivity contribution is 9.10. The molecule has 0 aliphatic carbocycles. The Morgan fingerprint density at radius 1 is 1.50 bits per heavy atom. The smallest absolute Gasteiger partial charge is 0.251 e. The van der Waals surface area contributed by atoms with Gasteiger partial charge in [0.1, 0.15) is 0 Å². The third kappa shape index (κ3) is 3.26. The summed E-state index contributed by atoms with van der Waals surface area (Å²) < 4.78 is 2.60. The van der Waals surface area contributed by atoms with Crippen LogP contribution >= 0.6 is 15.9 Å². The van der Waals surface area contributed by atoms with Gasteiger partial charge in [0.05, 0.1) is 17.4 Å². The topological polar surface area (TPSA) is 86.9 Å². The average Bonchev–Trinajstić information content (AvgIpc) is 2.90. The van der Waals surface area contributed by atoms with Gasteiger partial charge in [-0.3, -0.25) is 4.79 Å². The van der Waals surface area contributed by atoms with Crippen molar-refractivity contribution in [3.05, 3.63) is 46.2 Å². The molecule has 0 saturated heterocycles. The van der Waals surface area contributed by atoms with E-state index in [0.29, 0.717) is 5.56 Å². The van der Waals surface area contributed by atoms with Crippen molar-refractivity contribution >= 4 is 21.8 Å². The van der Waals surface area contributed by atoms with Crippen LogP contribution in [0.1, 0.15) is 29.3 Å². The number of hydrogen-bond acceptors (Lipinski definition) is 3. The maximum Gasteiger partial charge on any atom is 0.251 e. The number of amides is 1. The summed E-state index contributed by atoms with van der Waals surface area (Å²) in [6.45, 7) is 2.07. The number of hydrogen-bond donors (Lipinski definition) is 2. The number of halogens is 1. The zero-order chi connectivity index (χ0) is 14.7. The van der Waals surface area contributed by atoms with E-state index in [1.807, 2.05) is 18.2 Å². The van der Waals surface area contributed by atoms with E-state index in [0.717, 1.165) is 28.6 Å². The summed E-state index contributed by atoms with van der Waals surface area (Å²) in [5.74, 6) is -0.485. The minimum atomic E-state index is -0.485. The Balaban J connectivity index is 2.25. The number of nitrogens with two attached hydrogens (primary N) is 2. The molecule has 0 aliphatic rings. The van der Waals surface area contributed by atoms with Gasteiger partial charge in [-0.05, 0) is 30.5 Å². The van der Waals surface area contributed by atoms with Gasteiger partial charge < -0.3 is 11.5 Å². The summed E-state index contributed by atoms with van der Waals surface area (Å²) in [7, 11) is 0. The van der Waals surface area contributed by atoms with Crippen molar-refractivity contribution in [2.75, 3.05) is 0 Å². The number of nitrogens with zero attached hydrogens (tertiary/aromatic N) is 2. The average molecular weight is 337 g/mol. The minimum Gasteiger partial charge on any atom is -0.366 e. The van der Waals surface area contributed by atoms with Gasteiger partial charge in [-0.1, -0.05) is 28.9 Å². The first kappa shape index (κ1) is 14.7. The lowest BCUT2D eigenvalue weighted by atomic mass is 10.0. The number of primary amides is 1. The predicted octanol–water partition coefficient (Wildman–Crippen LogP) is 2.01. The molecule has 1 amide bonds. The van der Waals surface area contributed by atoms with Crippen molar-refractivity contribution in [3.63, 3.8) is 0 Å². The van der Waals surface area contributed by atoms with Crippen LogP contribution in [-0.2, 0) is 6.42 Å². The summed E-state index contributed by atoms with van der Waals surface area (Å²) in [5.41, 5.74) is 13.6. The van der Waals surface area contributed by atoms with Crippen LogP contribution in [-0.4, -0.2) is 21.7 Å². The first-order valence-corrected chi connectivity index (χ1v) is 7.19. The number of carbonyl (C=O) groups is 1. The van der Waals surface area contributed by atoms with E-state index in [1.54, 1.807) is 10.9 Å². The van der Waals surface area contributed by atoms with Gasteiger partial charge >= 0.3 is 0 Å². The maximum atomic E-state index is 11.1. The van der Waals surface area contributed by atoms with E-state index in [9.17, 15) is 4.79 Å². The molecule has 20 heavy (non-hydrogen) atoms. The SMILES string of the molecule is CCC(N)Cc1ccc(-n2cc(C(N)=O)cn2)cc1Br. The van der Waals surface area contributed by atoms with Crippen molar-refractivity contribution in [2.24, 2.45) is 11.5 Å². The molecular formula is C14H17BrN4O. The standard InChI is InChI=1S/C14H17BrN4O/c1-2-11(16)5-9-3-4-12(6-13(9)15)19-8-10(7-18-19)14(17)20/h3-4,6-8,11H,2,5,16H2,1H3,(H2,17,20). The number of rotatable bonds is 5. The first-order chi connectivity index (χ1) is 9.51. The summed E-state index contributed by atoms with van der Waals surface area (Å²) >= 11 is 3.55. The second-order valence-electron chi connectivity index (χ2n) is 4.69. The zero-order valence-corrected chi connectivity index (χ0v) is 12.8. The number of aromatic nitrogens is 2. The quantitative estimate of drug-likeness (QED) is 0.875. The van der Waals surface area contributed by atoms with Gasteiger partial charge in [-0.2, -0.15) is 5.10 Å². The Labute approximate surface area is 126 Å². The number of benzene rings is 1. The molecule has 6 heteroatoms. The molecule has 0 aliphatic heterocycles. The molecule has 1 aromatic heterocycles. The summed E-state index contributed by atoms with van der Waals surface area (Å²) in [6.07, 6.45) is 4.83. The highest BCUT2D eigenvalue weighted by Gasteiger charge is 2.09. The lowest BCUT2D eigenvalue weighted by Gasteiger charge is -2.11. The third-order valence-electron chi connectivity index (χ3n) is 3.17. The van der Waals surface area contributed by atoms with Crippen molar-refractivity contribution < 1.29 is 4.79 Å². The molecule has 1 atom stereocenters. The molecule has 0 fully saturated rings. The molecule has 5 nitrogen and oxygen atoms in total. The van der Waals surface area contributed by atoms with Crippen molar-refractivity contribution in [3.8, 4) is 5.69 Å². The molecule has 0 bridgehead atoms. The predicted molar refractivity (Wildman–Crippen MR) is 81.8 cm³/mol. The molecule has 0 saturated carbocycles. The van der Waals surface area contributed by atoms with Crippen LogP contribution in [0.3, 0.4) is 0 Å². The van der Waals surface area contributed by atoms with Gasteiger partial charge in [-0.15, -0.1) is 0 Å². The Kier molecular flexibility index (Phi) is 4.57. The normalized spacial score (nSPS) is 12.3. The van der Waals surface area contributed by atoms with Crippen LogP contribution in [0.4, 0.5) is 0 Å². The summed E-state index contributed by atoms with van der Waals surface area (Å²) in [6, 6.07) is 6.07. The zero-order valence-electron chi connectivity index (χ0n) is 11.2. The van der Waals surface area contributed by atoms with E-state index in [-0.39, 0.29) is 6.04 Å². The van der Waals surface area contributed by atoms with Gasteiger partial charge in [0.2, 0.25) is 0 Å². The fraction of sp³-hybridized carbons (Fsp3) is 0.286. The Bertz CT molecular complexity index is 623. The van der Waals surface area contributed by atoms with Gasteiger partial charge in [0.25, 0.3) is 5.91 Å².